The molecule has 0 fully saturated rings. The van der Waals surface area contributed by atoms with Gasteiger partial charge in [-0.2, -0.15) is 0 Å². The minimum Gasteiger partial charge on any atom is -0.492 e. The second-order valence-corrected chi connectivity index (χ2v) is 4.93. The summed E-state index contributed by atoms with van der Waals surface area (Å²) in [5.41, 5.74) is 2.27. The summed E-state index contributed by atoms with van der Waals surface area (Å²) >= 11 is 0. The fourth-order valence-corrected chi connectivity index (χ4v) is 2.56. The van der Waals surface area contributed by atoms with Crippen LogP contribution in [0.25, 0.3) is 0 Å². The number of benzene rings is 1. The molecule has 0 bridgehead atoms. The maximum absolute atomic E-state index is 9.75. The highest BCUT2D eigenvalue weighted by atomic mass is 16.5. The molecule has 0 radical (unpaired) electrons. The minimum absolute atomic E-state index is 0.294. The standard InChI is InChI=1S/C15H18N2O2/c1-11-16-6-7-17(11)8-9-19-13-3-4-14-12(10-13)2-5-15(14)18/h3-4,6-7,10,15,18H,2,5,8-9H2,1H3/t15-/m1/s1. The average molecular weight is 258 g/mol. The number of nitrogens with zero attached hydrogens (tertiary/aromatic N) is 2. The van der Waals surface area contributed by atoms with Crippen LogP contribution in [-0.2, 0) is 13.0 Å². The van der Waals surface area contributed by atoms with Crippen LogP contribution < -0.4 is 4.74 Å². The van der Waals surface area contributed by atoms with E-state index in [1.807, 2.05) is 31.3 Å². The van der Waals surface area contributed by atoms with Gasteiger partial charge in [0.15, 0.2) is 0 Å². The third kappa shape index (κ3) is 2.49. The van der Waals surface area contributed by atoms with Crippen molar-refractivity contribution in [1.29, 1.82) is 0 Å². The fraction of sp³-hybridized carbons (Fsp3) is 0.400. The monoisotopic (exact) mass is 258 g/mol. The lowest BCUT2D eigenvalue weighted by atomic mass is 10.1. The zero-order chi connectivity index (χ0) is 13.2. The minimum atomic E-state index is -0.294. The first-order valence-corrected chi connectivity index (χ1v) is 6.65. The van der Waals surface area contributed by atoms with Crippen molar-refractivity contribution in [3.05, 3.63) is 47.5 Å². The number of fused-ring (bicyclic) bond motifs is 1. The molecule has 0 unspecified atom stereocenters. The van der Waals surface area contributed by atoms with E-state index in [-0.39, 0.29) is 6.10 Å². The number of aromatic nitrogens is 2. The highest BCUT2D eigenvalue weighted by molar-refractivity contribution is 5.39. The van der Waals surface area contributed by atoms with Crippen molar-refractivity contribution in [2.45, 2.75) is 32.4 Å². The van der Waals surface area contributed by atoms with Crippen LogP contribution in [0.3, 0.4) is 0 Å². The van der Waals surface area contributed by atoms with Gasteiger partial charge in [-0.05, 0) is 43.0 Å². The topological polar surface area (TPSA) is 47.3 Å². The Labute approximate surface area is 112 Å². The molecule has 1 aliphatic rings. The number of imidazole rings is 1. The van der Waals surface area contributed by atoms with Gasteiger partial charge < -0.3 is 14.4 Å². The number of hydrogen-bond donors (Lipinski definition) is 1. The van der Waals surface area contributed by atoms with E-state index in [9.17, 15) is 5.11 Å². The molecule has 2 aromatic rings. The van der Waals surface area contributed by atoms with Crippen LogP contribution in [-0.4, -0.2) is 21.3 Å². The third-order valence-corrected chi connectivity index (χ3v) is 3.69. The molecule has 1 N–H and O–H groups in total. The molecule has 1 aromatic heterocycles. The molecule has 1 aromatic carbocycles. The lowest BCUT2D eigenvalue weighted by molar-refractivity contribution is 0.180. The van der Waals surface area contributed by atoms with Crippen molar-refractivity contribution < 1.29 is 9.84 Å². The third-order valence-electron chi connectivity index (χ3n) is 3.69. The first-order valence-electron chi connectivity index (χ1n) is 6.65. The molecule has 100 valence electrons. The Kier molecular flexibility index (Phi) is 3.25. The number of rotatable bonds is 4. The van der Waals surface area contributed by atoms with Crippen molar-refractivity contribution in [3.63, 3.8) is 0 Å². The fourth-order valence-electron chi connectivity index (χ4n) is 2.56. The molecular formula is C15H18N2O2. The van der Waals surface area contributed by atoms with E-state index in [0.717, 1.165) is 36.5 Å². The van der Waals surface area contributed by atoms with Gasteiger partial charge in [-0.25, -0.2) is 4.98 Å². The van der Waals surface area contributed by atoms with Gasteiger partial charge in [-0.1, -0.05) is 6.07 Å². The molecule has 0 saturated heterocycles. The Morgan fingerprint density at radius 2 is 2.37 bits per heavy atom. The Balaban J connectivity index is 1.60. The first-order chi connectivity index (χ1) is 9.24. The summed E-state index contributed by atoms with van der Waals surface area (Å²) in [5, 5.41) is 9.75. The van der Waals surface area contributed by atoms with Crippen molar-refractivity contribution in [3.8, 4) is 5.75 Å². The number of aryl methyl sites for hydroxylation is 2. The summed E-state index contributed by atoms with van der Waals surface area (Å²) in [6, 6.07) is 5.96. The SMILES string of the molecule is Cc1nccn1CCOc1ccc2c(c1)CC[C@H]2O. The highest BCUT2D eigenvalue weighted by Gasteiger charge is 2.20. The predicted molar refractivity (Wildman–Crippen MR) is 72.2 cm³/mol. The van der Waals surface area contributed by atoms with Gasteiger partial charge in [-0.3, -0.25) is 0 Å². The normalized spacial score (nSPS) is 17.5. The molecule has 0 amide bonds. The Morgan fingerprint density at radius 1 is 1.47 bits per heavy atom. The summed E-state index contributed by atoms with van der Waals surface area (Å²) in [5.74, 6) is 1.88. The molecule has 1 atom stereocenters. The second kappa shape index (κ2) is 5.05. The molecule has 1 heterocycles. The van der Waals surface area contributed by atoms with Gasteiger partial charge in [0, 0.05) is 12.4 Å². The number of hydrogen-bond acceptors (Lipinski definition) is 3. The van der Waals surface area contributed by atoms with Crippen LogP contribution in [0.1, 0.15) is 29.5 Å². The quantitative estimate of drug-likeness (QED) is 0.915. The average Bonchev–Trinajstić information content (AvgIpc) is 2.97. The van der Waals surface area contributed by atoms with Crippen molar-refractivity contribution >= 4 is 0 Å². The summed E-state index contributed by atoms with van der Waals surface area (Å²) < 4.78 is 7.83. The maximum Gasteiger partial charge on any atom is 0.119 e. The van der Waals surface area contributed by atoms with Crippen LogP contribution in [0.2, 0.25) is 0 Å². The molecule has 4 nitrogen and oxygen atoms in total. The van der Waals surface area contributed by atoms with E-state index in [4.69, 9.17) is 4.74 Å². The number of aliphatic hydroxyl groups is 1. The molecule has 19 heavy (non-hydrogen) atoms. The Bertz CT molecular complexity index is 577. The maximum atomic E-state index is 9.75. The molecular weight excluding hydrogens is 240 g/mol. The van der Waals surface area contributed by atoms with E-state index in [2.05, 4.69) is 9.55 Å². The number of ether oxygens (including phenoxy) is 1. The Hall–Kier alpha value is -1.81. The van der Waals surface area contributed by atoms with Crippen LogP contribution in [0.15, 0.2) is 30.6 Å². The number of aliphatic hydroxyl groups excluding tert-OH is 1. The molecule has 4 heteroatoms. The van der Waals surface area contributed by atoms with Gasteiger partial charge in [0.1, 0.15) is 18.2 Å². The van der Waals surface area contributed by atoms with E-state index < -0.39 is 0 Å². The lowest BCUT2D eigenvalue weighted by Crippen LogP contribution is -2.08. The molecule has 3 rings (SSSR count). The largest absolute Gasteiger partial charge is 0.492 e. The van der Waals surface area contributed by atoms with E-state index in [1.54, 1.807) is 6.20 Å². The first kappa shape index (κ1) is 12.2. The molecule has 1 aliphatic carbocycles. The second-order valence-electron chi connectivity index (χ2n) is 4.93. The highest BCUT2D eigenvalue weighted by Crippen LogP contribution is 2.33. The van der Waals surface area contributed by atoms with Gasteiger partial charge >= 0.3 is 0 Å². The smallest absolute Gasteiger partial charge is 0.119 e. The van der Waals surface area contributed by atoms with E-state index >= 15 is 0 Å². The zero-order valence-corrected chi connectivity index (χ0v) is 11.0. The summed E-state index contributed by atoms with van der Waals surface area (Å²) in [6.07, 6.45) is 5.23. The van der Waals surface area contributed by atoms with Crippen molar-refractivity contribution in [1.82, 2.24) is 9.55 Å². The van der Waals surface area contributed by atoms with E-state index in [0.29, 0.717) is 6.61 Å². The summed E-state index contributed by atoms with van der Waals surface area (Å²) in [6.45, 7) is 3.40. The van der Waals surface area contributed by atoms with Crippen LogP contribution in [0.5, 0.6) is 5.75 Å². The summed E-state index contributed by atoms with van der Waals surface area (Å²) in [4.78, 5) is 4.18. The van der Waals surface area contributed by atoms with E-state index in [1.165, 1.54) is 5.56 Å². The molecule has 0 spiro atoms. The Morgan fingerprint density at radius 3 is 3.16 bits per heavy atom. The van der Waals surface area contributed by atoms with Gasteiger partial charge in [0.05, 0.1) is 12.6 Å². The predicted octanol–water partition coefficient (Wildman–Crippen LogP) is 2.25. The molecule has 0 aliphatic heterocycles. The van der Waals surface area contributed by atoms with Gasteiger partial charge in [-0.15, -0.1) is 0 Å². The van der Waals surface area contributed by atoms with Crippen LogP contribution in [0, 0.1) is 6.92 Å². The van der Waals surface area contributed by atoms with Crippen molar-refractivity contribution in [2.24, 2.45) is 0 Å². The van der Waals surface area contributed by atoms with Crippen LogP contribution >= 0.6 is 0 Å². The molecule has 0 saturated carbocycles. The van der Waals surface area contributed by atoms with Gasteiger partial charge in [0.25, 0.3) is 0 Å². The zero-order valence-electron chi connectivity index (χ0n) is 11.0. The van der Waals surface area contributed by atoms with Gasteiger partial charge in [0.2, 0.25) is 0 Å². The lowest BCUT2D eigenvalue weighted by Gasteiger charge is -2.10. The summed E-state index contributed by atoms with van der Waals surface area (Å²) in [7, 11) is 0. The van der Waals surface area contributed by atoms with Crippen LogP contribution in [0.4, 0.5) is 0 Å². The van der Waals surface area contributed by atoms with Crippen molar-refractivity contribution in [2.75, 3.05) is 6.61 Å².